The van der Waals surface area contributed by atoms with E-state index in [-0.39, 0.29) is 6.04 Å². The van der Waals surface area contributed by atoms with Gasteiger partial charge in [0, 0.05) is 18.3 Å². The van der Waals surface area contributed by atoms with E-state index in [1.54, 1.807) is 4.52 Å². The molecular formula is C11H15N5. The first-order chi connectivity index (χ1) is 7.83. The molecule has 1 fully saturated rings. The zero-order valence-electron chi connectivity index (χ0n) is 9.00. The van der Waals surface area contributed by atoms with Gasteiger partial charge in [-0.2, -0.15) is 4.98 Å². The molecule has 5 nitrogen and oxygen atoms in total. The minimum atomic E-state index is 0.228. The largest absolute Gasteiger partial charge is 0.349 e. The molecule has 0 bridgehead atoms. The predicted octanol–water partition coefficient (Wildman–Crippen LogP) is 1.02. The van der Waals surface area contributed by atoms with Crippen molar-refractivity contribution in [2.45, 2.75) is 31.3 Å². The molecule has 2 atom stereocenters. The lowest BCUT2D eigenvalue weighted by molar-refractivity contribution is 0.633. The Morgan fingerprint density at radius 1 is 1.38 bits per heavy atom. The van der Waals surface area contributed by atoms with Gasteiger partial charge < -0.3 is 11.1 Å². The molecule has 84 valence electrons. The Bertz CT molecular complexity index is 459. The zero-order chi connectivity index (χ0) is 11.0. The topological polar surface area (TPSA) is 68.2 Å². The van der Waals surface area contributed by atoms with Crippen molar-refractivity contribution in [1.82, 2.24) is 14.6 Å². The van der Waals surface area contributed by atoms with Crippen LogP contribution in [0.1, 0.15) is 19.3 Å². The molecule has 2 heterocycles. The molecular weight excluding hydrogens is 202 g/mol. The van der Waals surface area contributed by atoms with Crippen molar-refractivity contribution >= 4 is 11.6 Å². The predicted molar refractivity (Wildman–Crippen MR) is 62.2 cm³/mol. The van der Waals surface area contributed by atoms with Crippen LogP contribution in [0.4, 0.5) is 5.95 Å². The Labute approximate surface area is 93.7 Å². The van der Waals surface area contributed by atoms with Gasteiger partial charge in [-0.3, -0.25) is 0 Å². The molecule has 0 spiro atoms. The molecule has 5 heteroatoms. The van der Waals surface area contributed by atoms with Crippen molar-refractivity contribution in [1.29, 1.82) is 0 Å². The van der Waals surface area contributed by atoms with Crippen LogP contribution < -0.4 is 11.1 Å². The molecule has 0 aliphatic heterocycles. The van der Waals surface area contributed by atoms with Crippen LogP contribution in [0.5, 0.6) is 0 Å². The van der Waals surface area contributed by atoms with Crippen molar-refractivity contribution in [3.8, 4) is 0 Å². The number of aromatic nitrogens is 3. The summed E-state index contributed by atoms with van der Waals surface area (Å²) in [5, 5.41) is 7.66. The molecule has 2 aromatic rings. The molecule has 1 saturated carbocycles. The fraction of sp³-hybridized carbons (Fsp3) is 0.455. The fourth-order valence-electron chi connectivity index (χ4n) is 2.23. The van der Waals surface area contributed by atoms with Crippen LogP contribution in [0, 0.1) is 0 Å². The van der Waals surface area contributed by atoms with E-state index in [2.05, 4.69) is 15.4 Å². The summed E-state index contributed by atoms with van der Waals surface area (Å²) in [6.45, 7) is 0. The van der Waals surface area contributed by atoms with Crippen molar-refractivity contribution in [3.05, 3.63) is 24.4 Å². The van der Waals surface area contributed by atoms with Gasteiger partial charge in [-0.15, -0.1) is 5.10 Å². The van der Waals surface area contributed by atoms with Gasteiger partial charge in [-0.25, -0.2) is 4.52 Å². The average molecular weight is 217 g/mol. The van der Waals surface area contributed by atoms with Gasteiger partial charge in [-0.05, 0) is 31.4 Å². The molecule has 0 aromatic carbocycles. The SMILES string of the molecule is NC1CCCC1Nc1nc2ccccn2n1. The summed E-state index contributed by atoms with van der Waals surface area (Å²) >= 11 is 0. The second kappa shape index (κ2) is 3.75. The maximum Gasteiger partial charge on any atom is 0.243 e. The standard InChI is InChI=1S/C11H15N5/c12-8-4-3-5-9(8)13-11-14-10-6-1-2-7-16(10)15-11/h1-2,6-9H,3-5,12H2,(H,13,15). The lowest BCUT2D eigenvalue weighted by atomic mass is 10.2. The number of nitrogens with two attached hydrogens (primary N) is 1. The van der Waals surface area contributed by atoms with Crippen molar-refractivity contribution in [2.75, 3.05) is 5.32 Å². The smallest absolute Gasteiger partial charge is 0.243 e. The summed E-state index contributed by atoms with van der Waals surface area (Å²) < 4.78 is 1.77. The van der Waals surface area contributed by atoms with E-state index >= 15 is 0 Å². The van der Waals surface area contributed by atoms with Crippen LogP contribution in [0.3, 0.4) is 0 Å². The second-order valence-electron chi connectivity index (χ2n) is 4.28. The number of nitrogens with zero attached hydrogens (tertiary/aromatic N) is 3. The Kier molecular flexibility index (Phi) is 2.25. The Hall–Kier alpha value is -1.62. The first-order valence-corrected chi connectivity index (χ1v) is 5.66. The minimum absolute atomic E-state index is 0.228. The molecule has 0 radical (unpaired) electrons. The van der Waals surface area contributed by atoms with E-state index in [1.165, 1.54) is 6.42 Å². The van der Waals surface area contributed by atoms with Crippen LogP contribution in [0.15, 0.2) is 24.4 Å². The third kappa shape index (κ3) is 1.63. The van der Waals surface area contributed by atoms with Crippen molar-refractivity contribution in [3.63, 3.8) is 0 Å². The monoisotopic (exact) mass is 217 g/mol. The highest BCUT2D eigenvalue weighted by atomic mass is 15.3. The summed E-state index contributed by atoms with van der Waals surface area (Å²) in [6.07, 6.45) is 5.27. The van der Waals surface area contributed by atoms with Crippen LogP contribution in [-0.4, -0.2) is 26.7 Å². The first-order valence-electron chi connectivity index (χ1n) is 5.66. The molecule has 2 unspecified atom stereocenters. The minimum Gasteiger partial charge on any atom is -0.349 e. The number of anilines is 1. The van der Waals surface area contributed by atoms with Crippen LogP contribution in [0.25, 0.3) is 5.65 Å². The van der Waals surface area contributed by atoms with Gasteiger partial charge >= 0.3 is 0 Å². The molecule has 0 saturated heterocycles. The molecule has 1 aliphatic rings. The van der Waals surface area contributed by atoms with Crippen molar-refractivity contribution in [2.24, 2.45) is 5.73 Å². The number of rotatable bonds is 2. The van der Waals surface area contributed by atoms with Crippen molar-refractivity contribution < 1.29 is 0 Å². The van der Waals surface area contributed by atoms with Gasteiger partial charge in [0.1, 0.15) is 0 Å². The molecule has 0 amide bonds. The van der Waals surface area contributed by atoms with Gasteiger partial charge in [0.2, 0.25) is 5.95 Å². The highest BCUT2D eigenvalue weighted by Crippen LogP contribution is 2.20. The second-order valence-corrected chi connectivity index (χ2v) is 4.28. The highest BCUT2D eigenvalue weighted by Gasteiger charge is 2.24. The summed E-state index contributed by atoms with van der Waals surface area (Å²) in [6, 6.07) is 6.37. The Morgan fingerprint density at radius 3 is 3.06 bits per heavy atom. The highest BCUT2D eigenvalue weighted by molar-refractivity contribution is 5.43. The third-order valence-electron chi connectivity index (χ3n) is 3.13. The van der Waals surface area contributed by atoms with Gasteiger partial charge in [0.25, 0.3) is 0 Å². The Balaban J connectivity index is 1.83. The number of pyridine rings is 1. The lowest BCUT2D eigenvalue weighted by Gasteiger charge is -2.15. The van der Waals surface area contributed by atoms with Crippen LogP contribution >= 0.6 is 0 Å². The van der Waals surface area contributed by atoms with E-state index in [0.717, 1.165) is 18.5 Å². The van der Waals surface area contributed by atoms with Gasteiger partial charge in [0.05, 0.1) is 0 Å². The van der Waals surface area contributed by atoms with E-state index in [0.29, 0.717) is 12.0 Å². The number of hydrogen-bond donors (Lipinski definition) is 2. The first kappa shape index (κ1) is 9.59. The average Bonchev–Trinajstić information content (AvgIpc) is 2.85. The summed E-state index contributed by atoms with van der Waals surface area (Å²) in [7, 11) is 0. The normalized spacial score (nSPS) is 25.1. The summed E-state index contributed by atoms with van der Waals surface area (Å²) in [5.41, 5.74) is 6.85. The zero-order valence-corrected chi connectivity index (χ0v) is 9.00. The molecule has 2 aromatic heterocycles. The fourth-order valence-corrected chi connectivity index (χ4v) is 2.23. The molecule has 16 heavy (non-hydrogen) atoms. The summed E-state index contributed by atoms with van der Waals surface area (Å²) in [5.74, 6) is 0.675. The van der Waals surface area contributed by atoms with E-state index in [4.69, 9.17) is 5.73 Å². The molecule has 3 rings (SSSR count). The number of nitrogens with one attached hydrogen (secondary N) is 1. The third-order valence-corrected chi connectivity index (χ3v) is 3.13. The number of hydrogen-bond acceptors (Lipinski definition) is 4. The maximum atomic E-state index is 6.00. The lowest BCUT2D eigenvalue weighted by Crippen LogP contribution is -2.35. The van der Waals surface area contributed by atoms with Crippen LogP contribution in [-0.2, 0) is 0 Å². The van der Waals surface area contributed by atoms with Gasteiger partial charge in [-0.1, -0.05) is 6.07 Å². The van der Waals surface area contributed by atoms with E-state index < -0.39 is 0 Å². The maximum absolute atomic E-state index is 6.00. The molecule has 3 N–H and O–H groups in total. The number of fused-ring (bicyclic) bond motifs is 1. The molecule has 1 aliphatic carbocycles. The van der Waals surface area contributed by atoms with E-state index in [9.17, 15) is 0 Å². The van der Waals surface area contributed by atoms with Gasteiger partial charge in [0.15, 0.2) is 5.65 Å². The van der Waals surface area contributed by atoms with Crippen LogP contribution in [0.2, 0.25) is 0 Å². The quantitative estimate of drug-likeness (QED) is 0.788. The summed E-state index contributed by atoms with van der Waals surface area (Å²) in [4.78, 5) is 4.40. The Morgan fingerprint density at radius 2 is 2.31 bits per heavy atom. The van der Waals surface area contributed by atoms with E-state index in [1.807, 2.05) is 24.4 Å².